The standard InChI is InChI=1S/C6H11ClO4.Na/c1-3-10-6(7,5(8)9)11-4-2;/h3-4H2,1-2H3,(H,8,9);/q;+1/p-1. The predicted octanol–water partition coefficient (Wildman–Crippen LogP) is -3.29. The number of ether oxygens (including phenoxy) is 2. The van der Waals surface area contributed by atoms with Crippen molar-refractivity contribution in [1.29, 1.82) is 0 Å². The van der Waals surface area contributed by atoms with Crippen LogP contribution in [0, 0.1) is 0 Å². The van der Waals surface area contributed by atoms with Crippen molar-refractivity contribution in [3.63, 3.8) is 0 Å². The van der Waals surface area contributed by atoms with Gasteiger partial charge in [0.2, 0.25) is 0 Å². The number of alkyl halides is 1. The van der Waals surface area contributed by atoms with Crippen molar-refractivity contribution in [2.45, 2.75) is 19.1 Å². The van der Waals surface area contributed by atoms with Crippen molar-refractivity contribution in [3.05, 3.63) is 0 Å². The number of rotatable bonds is 5. The minimum Gasteiger partial charge on any atom is -0.543 e. The Morgan fingerprint density at radius 2 is 1.75 bits per heavy atom. The molecule has 0 radical (unpaired) electrons. The van der Waals surface area contributed by atoms with Crippen LogP contribution in [-0.2, 0) is 14.3 Å². The third-order valence-corrected chi connectivity index (χ3v) is 1.28. The van der Waals surface area contributed by atoms with Gasteiger partial charge in [-0.15, -0.1) is 0 Å². The van der Waals surface area contributed by atoms with Crippen LogP contribution in [0.15, 0.2) is 0 Å². The molecule has 0 amide bonds. The van der Waals surface area contributed by atoms with Crippen LogP contribution in [0.5, 0.6) is 0 Å². The summed E-state index contributed by atoms with van der Waals surface area (Å²) in [5.41, 5.74) is 0. The number of hydrogen-bond acceptors (Lipinski definition) is 4. The molecule has 12 heavy (non-hydrogen) atoms. The molecular formula is C6H10ClNaO4. The topological polar surface area (TPSA) is 58.6 Å². The van der Waals surface area contributed by atoms with E-state index in [9.17, 15) is 9.90 Å². The van der Waals surface area contributed by atoms with Gasteiger partial charge in [0.25, 0.3) is 5.25 Å². The van der Waals surface area contributed by atoms with Gasteiger partial charge in [-0.05, 0) is 13.8 Å². The molecule has 0 saturated heterocycles. The Bertz CT molecular complexity index is 136. The molecule has 0 aromatic heterocycles. The smallest absolute Gasteiger partial charge is 0.543 e. The summed E-state index contributed by atoms with van der Waals surface area (Å²) in [7, 11) is 0. The predicted molar refractivity (Wildman–Crippen MR) is 36.8 cm³/mol. The number of carbonyl (C=O) groups is 1. The van der Waals surface area contributed by atoms with Crippen LogP contribution in [0.1, 0.15) is 13.8 Å². The van der Waals surface area contributed by atoms with E-state index in [1.165, 1.54) is 0 Å². The minimum absolute atomic E-state index is 0. The molecule has 0 aromatic carbocycles. The van der Waals surface area contributed by atoms with Gasteiger partial charge in [0, 0.05) is 13.2 Å². The normalized spacial score (nSPS) is 10.6. The summed E-state index contributed by atoms with van der Waals surface area (Å²) in [6.45, 7) is 3.52. The Kier molecular flexibility index (Phi) is 9.00. The second-order valence-corrected chi connectivity index (χ2v) is 2.19. The van der Waals surface area contributed by atoms with Gasteiger partial charge in [-0.1, -0.05) is 11.6 Å². The zero-order valence-corrected chi connectivity index (χ0v) is 10.2. The molecule has 0 saturated carbocycles. The number of carbonyl (C=O) groups excluding carboxylic acids is 1. The van der Waals surface area contributed by atoms with Crippen molar-refractivity contribution < 1.29 is 48.9 Å². The minimum atomic E-state index is -2.12. The third-order valence-electron chi connectivity index (χ3n) is 0.904. The molecule has 0 N–H and O–H groups in total. The first-order valence-corrected chi connectivity index (χ1v) is 3.63. The van der Waals surface area contributed by atoms with Crippen molar-refractivity contribution in [3.8, 4) is 0 Å². The Balaban J connectivity index is 0. The van der Waals surface area contributed by atoms with Crippen LogP contribution in [-0.4, -0.2) is 24.4 Å². The van der Waals surface area contributed by atoms with E-state index in [4.69, 9.17) is 11.6 Å². The van der Waals surface area contributed by atoms with Crippen LogP contribution in [0.2, 0.25) is 0 Å². The molecule has 0 aliphatic carbocycles. The molecule has 66 valence electrons. The fraction of sp³-hybridized carbons (Fsp3) is 0.833. The van der Waals surface area contributed by atoms with E-state index in [2.05, 4.69) is 9.47 Å². The van der Waals surface area contributed by atoms with Crippen LogP contribution in [0.3, 0.4) is 0 Å². The first-order chi connectivity index (χ1) is 5.06. The summed E-state index contributed by atoms with van der Waals surface area (Å²) >= 11 is 5.37. The van der Waals surface area contributed by atoms with Gasteiger partial charge in [0.15, 0.2) is 0 Å². The number of carboxylic acids is 1. The molecule has 6 heteroatoms. The van der Waals surface area contributed by atoms with Gasteiger partial charge < -0.3 is 19.4 Å². The molecule has 0 aliphatic heterocycles. The van der Waals surface area contributed by atoms with E-state index >= 15 is 0 Å². The zero-order valence-electron chi connectivity index (χ0n) is 7.43. The van der Waals surface area contributed by atoms with E-state index in [0.717, 1.165) is 0 Å². The summed E-state index contributed by atoms with van der Waals surface area (Å²) in [5, 5.41) is 8.19. The molecule has 0 unspecified atom stereocenters. The summed E-state index contributed by atoms with van der Waals surface area (Å²) in [6, 6.07) is 0. The number of carboxylic acid groups (broad SMARTS) is 1. The molecule has 4 nitrogen and oxygen atoms in total. The number of aliphatic carboxylic acids is 1. The average molecular weight is 205 g/mol. The van der Waals surface area contributed by atoms with Crippen molar-refractivity contribution in [2.24, 2.45) is 0 Å². The molecule has 0 spiro atoms. The SMILES string of the molecule is CCOC(Cl)(OCC)C(=O)[O-].[Na+]. The van der Waals surface area contributed by atoms with Gasteiger partial charge in [-0.2, -0.15) is 0 Å². The Morgan fingerprint density at radius 3 is 1.92 bits per heavy atom. The maximum absolute atomic E-state index is 10.3. The molecule has 0 heterocycles. The number of hydrogen-bond donors (Lipinski definition) is 0. The molecule has 0 bridgehead atoms. The fourth-order valence-corrected chi connectivity index (χ4v) is 0.749. The fourth-order valence-electron chi connectivity index (χ4n) is 0.531. The monoisotopic (exact) mass is 204 g/mol. The summed E-state index contributed by atoms with van der Waals surface area (Å²) in [5.74, 6) is -1.58. The van der Waals surface area contributed by atoms with E-state index < -0.39 is 11.2 Å². The van der Waals surface area contributed by atoms with E-state index in [1.54, 1.807) is 13.8 Å². The quantitative estimate of drug-likeness (QED) is 0.268. The first-order valence-electron chi connectivity index (χ1n) is 3.25. The molecule has 0 atom stereocenters. The van der Waals surface area contributed by atoms with Gasteiger partial charge in [-0.25, -0.2) is 0 Å². The molecule has 0 rings (SSSR count). The van der Waals surface area contributed by atoms with Crippen LogP contribution >= 0.6 is 11.6 Å². The van der Waals surface area contributed by atoms with Crippen LogP contribution in [0.4, 0.5) is 0 Å². The van der Waals surface area contributed by atoms with Crippen LogP contribution in [0.25, 0.3) is 0 Å². The summed E-state index contributed by atoms with van der Waals surface area (Å²) < 4.78 is 9.22. The van der Waals surface area contributed by atoms with E-state index in [1.807, 2.05) is 0 Å². The van der Waals surface area contributed by atoms with Crippen molar-refractivity contribution >= 4 is 17.6 Å². The Labute approximate surface area is 98.5 Å². The first kappa shape index (κ1) is 15.2. The molecule has 0 aliphatic rings. The Morgan fingerprint density at radius 1 is 1.42 bits per heavy atom. The van der Waals surface area contributed by atoms with Crippen molar-refractivity contribution in [2.75, 3.05) is 13.2 Å². The second-order valence-electron chi connectivity index (χ2n) is 1.69. The van der Waals surface area contributed by atoms with Crippen molar-refractivity contribution in [1.82, 2.24) is 0 Å². The average Bonchev–Trinajstić information content (AvgIpc) is 1.88. The number of halogens is 1. The maximum Gasteiger partial charge on any atom is 1.00 e. The zero-order chi connectivity index (χ0) is 8.91. The maximum atomic E-state index is 10.3. The summed E-state index contributed by atoms with van der Waals surface area (Å²) in [6.07, 6.45) is 0. The van der Waals surface area contributed by atoms with Gasteiger partial charge >= 0.3 is 29.6 Å². The van der Waals surface area contributed by atoms with Gasteiger partial charge in [0.05, 0.1) is 0 Å². The summed E-state index contributed by atoms with van der Waals surface area (Å²) in [4.78, 5) is 10.3. The third kappa shape index (κ3) is 4.64. The molecular weight excluding hydrogens is 195 g/mol. The van der Waals surface area contributed by atoms with Gasteiger partial charge in [-0.3, -0.25) is 0 Å². The largest absolute Gasteiger partial charge is 1.00 e. The Hall–Kier alpha value is 0.680. The molecule has 0 aromatic rings. The van der Waals surface area contributed by atoms with E-state index in [-0.39, 0.29) is 42.8 Å². The molecule has 0 fully saturated rings. The second kappa shape index (κ2) is 7.12. The van der Waals surface area contributed by atoms with Crippen LogP contribution < -0.4 is 34.7 Å². The van der Waals surface area contributed by atoms with E-state index in [0.29, 0.717) is 0 Å². The van der Waals surface area contributed by atoms with Gasteiger partial charge in [0.1, 0.15) is 5.97 Å².